The van der Waals surface area contributed by atoms with Gasteiger partial charge in [0.2, 0.25) is 5.91 Å². The van der Waals surface area contributed by atoms with Crippen molar-refractivity contribution >= 4 is 34.5 Å². The van der Waals surface area contributed by atoms with Crippen LogP contribution in [-0.4, -0.2) is 17.1 Å². The van der Waals surface area contributed by atoms with Gasteiger partial charge in [-0.05, 0) is 42.8 Å². The number of nitrogens with one attached hydrogen (secondary N) is 2. The van der Waals surface area contributed by atoms with Crippen molar-refractivity contribution in [3.05, 3.63) is 40.3 Å². The molecule has 1 aromatic carbocycles. The molecular weight excluding hydrogens is 264 g/mol. The monoisotopic (exact) mass is 276 g/mol. The van der Waals surface area contributed by atoms with Gasteiger partial charge in [-0.1, -0.05) is 12.1 Å². The molecule has 0 unspecified atom stereocenters. The minimum Gasteiger partial charge on any atom is -0.322 e. The molecule has 1 saturated heterocycles. The summed E-state index contributed by atoms with van der Waals surface area (Å²) in [6, 6.07) is 5.69. The first-order chi connectivity index (χ1) is 8.95. The molecule has 0 radical (unpaired) electrons. The van der Waals surface area contributed by atoms with Crippen LogP contribution in [0.5, 0.6) is 0 Å². The highest BCUT2D eigenvalue weighted by molar-refractivity contribution is 8.18. The molecule has 0 spiro atoms. The smallest absolute Gasteiger partial charge is 0.290 e. The summed E-state index contributed by atoms with van der Waals surface area (Å²) in [5, 5.41) is 4.32. The molecular formula is C13H12N2O3S. The molecule has 0 saturated carbocycles. The lowest BCUT2D eigenvalue weighted by Gasteiger charge is -2.07. The fourth-order valence-corrected chi connectivity index (χ4v) is 2.23. The first-order valence-electron chi connectivity index (χ1n) is 5.59. The molecule has 2 rings (SSSR count). The van der Waals surface area contributed by atoms with Crippen LogP contribution in [0.3, 0.4) is 0 Å². The Bertz CT molecular complexity index is 608. The van der Waals surface area contributed by atoms with Crippen LogP contribution in [0, 0.1) is 13.8 Å². The van der Waals surface area contributed by atoms with Gasteiger partial charge in [-0.15, -0.1) is 0 Å². The lowest BCUT2D eigenvalue weighted by atomic mass is 10.1. The van der Waals surface area contributed by atoms with E-state index >= 15 is 0 Å². The van der Waals surface area contributed by atoms with Gasteiger partial charge in [-0.2, -0.15) is 0 Å². The molecule has 2 N–H and O–H groups in total. The first kappa shape index (κ1) is 13.4. The van der Waals surface area contributed by atoms with Gasteiger partial charge in [0, 0.05) is 11.8 Å². The van der Waals surface area contributed by atoms with Gasteiger partial charge in [0.15, 0.2) is 0 Å². The number of thioether (sulfide) groups is 1. The van der Waals surface area contributed by atoms with Crippen LogP contribution in [0.1, 0.15) is 11.1 Å². The van der Waals surface area contributed by atoms with E-state index in [9.17, 15) is 14.4 Å². The number of imide groups is 1. The van der Waals surface area contributed by atoms with Gasteiger partial charge in [0.25, 0.3) is 11.1 Å². The summed E-state index contributed by atoms with van der Waals surface area (Å²) in [5.74, 6) is -0.966. The molecule has 0 aliphatic carbocycles. The molecule has 3 amide bonds. The summed E-state index contributed by atoms with van der Waals surface area (Å²) in [6.07, 6.45) is 1.13. The average molecular weight is 276 g/mol. The van der Waals surface area contributed by atoms with Gasteiger partial charge in [-0.25, -0.2) is 0 Å². The maximum Gasteiger partial charge on any atom is 0.290 e. The van der Waals surface area contributed by atoms with Crippen molar-refractivity contribution in [2.24, 2.45) is 0 Å². The van der Waals surface area contributed by atoms with Crippen molar-refractivity contribution < 1.29 is 14.4 Å². The van der Waals surface area contributed by atoms with E-state index in [-0.39, 0.29) is 4.91 Å². The van der Waals surface area contributed by atoms with Crippen LogP contribution in [0.2, 0.25) is 0 Å². The second kappa shape index (κ2) is 5.27. The fourth-order valence-electron chi connectivity index (χ4n) is 1.58. The first-order valence-corrected chi connectivity index (χ1v) is 6.40. The quantitative estimate of drug-likeness (QED) is 0.811. The number of carbonyl (C=O) groups excluding carboxylic acids is 3. The zero-order valence-electron chi connectivity index (χ0n) is 10.4. The number of rotatable bonds is 2. The third-order valence-corrected chi connectivity index (χ3v) is 3.37. The van der Waals surface area contributed by atoms with Gasteiger partial charge in [0.1, 0.15) is 0 Å². The van der Waals surface area contributed by atoms with Crippen molar-refractivity contribution in [2.45, 2.75) is 13.8 Å². The van der Waals surface area contributed by atoms with E-state index in [2.05, 4.69) is 10.6 Å². The maximum atomic E-state index is 11.8. The molecule has 1 fully saturated rings. The fraction of sp³-hybridized carbons (Fsp3) is 0.154. The third-order valence-electron chi connectivity index (χ3n) is 2.56. The highest BCUT2D eigenvalue weighted by Gasteiger charge is 2.25. The topological polar surface area (TPSA) is 75.3 Å². The number of hydrogen-bond donors (Lipinski definition) is 2. The van der Waals surface area contributed by atoms with E-state index in [1.807, 2.05) is 32.0 Å². The SMILES string of the molecule is Cc1ccc(C)c(NC(=O)/C=C2\SC(=O)NC2=O)c1. The largest absolute Gasteiger partial charge is 0.322 e. The van der Waals surface area contributed by atoms with Crippen LogP contribution in [0.15, 0.2) is 29.2 Å². The third kappa shape index (κ3) is 3.23. The Balaban J connectivity index is 2.14. The molecule has 1 heterocycles. The van der Waals surface area contributed by atoms with Crippen LogP contribution in [0.25, 0.3) is 0 Å². The molecule has 5 nitrogen and oxygen atoms in total. The Morgan fingerprint density at radius 2 is 2.05 bits per heavy atom. The van der Waals surface area contributed by atoms with E-state index in [0.29, 0.717) is 5.69 Å². The van der Waals surface area contributed by atoms with E-state index in [0.717, 1.165) is 29.0 Å². The van der Waals surface area contributed by atoms with Crippen molar-refractivity contribution in [2.75, 3.05) is 5.32 Å². The van der Waals surface area contributed by atoms with Gasteiger partial charge in [-0.3, -0.25) is 19.7 Å². The van der Waals surface area contributed by atoms with Crippen molar-refractivity contribution in [3.63, 3.8) is 0 Å². The summed E-state index contributed by atoms with van der Waals surface area (Å²) >= 11 is 0.721. The summed E-state index contributed by atoms with van der Waals surface area (Å²) in [4.78, 5) is 34.2. The number of anilines is 1. The Hall–Kier alpha value is -2.08. The lowest BCUT2D eigenvalue weighted by molar-refractivity contribution is -0.116. The predicted molar refractivity (Wildman–Crippen MR) is 73.8 cm³/mol. The lowest BCUT2D eigenvalue weighted by Crippen LogP contribution is -2.19. The van der Waals surface area contributed by atoms with E-state index in [1.54, 1.807) is 0 Å². The number of hydrogen-bond acceptors (Lipinski definition) is 4. The Kier molecular flexibility index (Phi) is 3.71. The van der Waals surface area contributed by atoms with Crippen LogP contribution in [0.4, 0.5) is 10.5 Å². The molecule has 1 aliphatic rings. The van der Waals surface area contributed by atoms with E-state index < -0.39 is 17.1 Å². The zero-order valence-corrected chi connectivity index (χ0v) is 11.3. The molecule has 98 valence electrons. The van der Waals surface area contributed by atoms with Gasteiger partial charge < -0.3 is 5.32 Å². The normalized spacial score (nSPS) is 16.6. The molecule has 0 bridgehead atoms. The van der Waals surface area contributed by atoms with Crippen molar-refractivity contribution in [1.82, 2.24) is 5.32 Å². The maximum absolute atomic E-state index is 11.8. The highest BCUT2D eigenvalue weighted by Crippen LogP contribution is 2.23. The molecule has 0 aromatic heterocycles. The number of amides is 3. The molecule has 1 aromatic rings. The van der Waals surface area contributed by atoms with Crippen LogP contribution < -0.4 is 10.6 Å². The summed E-state index contributed by atoms with van der Waals surface area (Å²) in [7, 11) is 0. The predicted octanol–water partition coefficient (Wildman–Crippen LogP) is 2.11. The second-order valence-corrected chi connectivity index (χ2v) is 5.17. The summed E-state index contributed by atoms with van der Waals surface area (Å²) in [6.45, 7) is 3.80. The molecule has 0 atom stereocenters. The van der Waals surface area contributed by atoms with Crippen molar-refractivity contribution in [3.8, 4) is 0 Å². The Labute approximate surface area is 114 Å². The molecule has 1 aliphatic heterocycles. The molecule has 19 heavy (non-hydrogen) atoms. The number of aryl methyl sites for hydroxylation is 2. The zero-order chi connectivity index (χ0) is 14.0. The second-order valence-electron chi connectivity index (χ2n) is 4.16. The Morgan fingerprint density at radius 1 is 1.32 bits per heavy atom. The highest BCUT2D eigenvalue weighted by atomic mass is 32.2. The summed E-state index contributed by atoms with van der Waals surface area (Å²) in [5.41, 5.74) is 2.64. The van der Waals surface area contributed by atoms with Gasteiger partial charge >= 0.3 is 0 Å². The number of benzene rings is 1. The minimum atomic E-state index is -0.536. The minimum absolute atomic E-state index is 0.104. The standard InChI is InChI=1S/C13H12N2O3S/c1-7-3-4-8(2)9(5-7)14-11(16)6-10-12(17)15-13(18)19-10/h3-6H,1-2H3,(H,14,16)(H,15,17,18)/b10-6-. The average Bonchev–Trinajstić information content (AvgIpc) is 2.62. The molecule has 6 heteroatoms. The Morgan fingerprint density at radius 3 is 2.68 bits per heavy atom. The van der Waals surface area contributed by atoms with Crippen LogP contribution >= 0.6 is 11.8 Å². The van der Waals surface area contributed by atoms with E-state index in [1.165, 1.54) is 0 Å². The van der Waals surface area contributed by atoms with E-state index in [4.69, 9.17) is 0 Å². The van der Waals surface area contributed by atoms with Crippen molar-refractivity contribution in [1.29, 1.82) is 0 Å². The van der Waals surface area contributed by atoms with Crippen LogP contribution in [-0.2, 0) is 9.59 Å². The number of carbonyl (C=O) groups is 3. The summed E-state index contributed by atoms with van der Waals surface area (Å²) < 4.78 is 0. The van der Waals surface area contributed by atoms with Gasteiger partial charge in [0.05, 0.1) is 4.91 Å².